The first-order valence-corrected chi connectivity index (χ1v) is 11.7. The summed E-state index contributed by atoms with van der Waals surface area (Å²) in [5, 5.41) is 11.4. The number of benzene rings is 1. The van der Waals surface area contributed by atoms with Crippen molar-refractivity contribution in [1.29, 1.82) is 0 Å². The normalized spacial score (nSPS) is 24.9. The van der Waals surface area contributed by atoms with Gasteiger partial charge in [0.2, 0.25) is 11.8 Å². The lowest BCUT2D eigenvalue weighted by Gasteiger charge is -2.37. The van der Waals surface area contributed by atoms with E-state index in [4.69, 9.17) is 28.9 Å². The molecule has 1 aliphatic carbocycles. The van der Waals surface area contributed by atoms with E-state index in [0.29, 0.717) is 55.6 Å². The van der Waals surface area contributed by atoms with Crippen molar-refractivity contribution in [3.8, 4) is 0 Å². The van der Waals surface area contributed by atoms with E-state index in [2.05, 4.69) is 9.80 Å². The standard InChI is InChI=1S/C22H30Cl2N4O3/c23-16-2-1-15(13-17(16)24)27-9-4-20(30)28(12-11-27)18(21(25)31)3-8-26-10-7-22(5-6-22)19(29)14-26/h1-2,13,18-19,29H,3-12,14H2,(H2,25,31)/t18-,19+/m0/s1. The number of carbonyl (C=O) groups excluding carboxylic acids is 2. The summed E-state index contributed by atoms with van der Waals surface area (Å²) >= 11 is 12.2. The first-order chi connectivity index (χ1) is 14.8. The van der Waals surface area contributed by atoms with Gasteiger partial charge in [-0.2, -0.15) is 0 Å². The number of aliphatic hydroxyl groups is 1. The molecule has 1 saturated carbocycles. The molecular formula is C22H30Cl2N4O3. The summed E-state index contributed by atoms with van der Waals surface area (Å²) in [6.45, 7) is 3.73. The average molecular weight is 469 g/mol. The monoisotopic (exact) mass is 468 g/mol. The van der Waals surface area contributed by atoms with Gasteiger partial charge in [-0.1, -0.05) is 23.2 Å². The van der Waals surface area contributed by atoms with Crippen LogP contribution >= 0.6 is 23.2 Å². The molecular weight excluding hydrogens is 439 g/mol. The molecule has 9 heteroatoms. The Kier molecular flexibility index (Phi) is 6.68. The Labute approximate surface area is 193 Å². The first-order valence-electron chi connectivity index (χ1n) is 11.0. The van der Waals surface area contributed by atoms with E-state index >= 15 is 0 Å². The number of primary amides is 1. The minimum atomic E-state index is -0.643. The zero-order valence-corrected chi connectivity index (χ0v) is 19.1. The maximum Gasteiger partial charge on any atom is 0.240 e. The predicted octanol–water partition coefficient (Wildman–Crippen LogP) is 2.12. The number of piperidine rings is 1. The van der Waals surface area contributed by atoms with E-state index in [1.807, 2.05) is 6.07 Å². The summed E-state index contributed by atoms with van der Waals surface area (Å²) in [4.78, 5) is 31.0. The molecule has 1 spiro atoms. The summed E-state index contributed by atoms with van der Waals surface area (Å²) < 4.78 is 0. The van der Waals surface area contributed by atoms with Gasteiger partial charge in [-0.25, -0.2) is 0 Å². The molecule has 4 rings (SSSR count). The van der Waals surface area contributed by atoms with Crippen molar-refractivity contribution >= 4 is 40.7 Å². The Hall–Kier alpha value is -1.54. The molecule has 0 unspecified atom stereocenters. The lowest BCUT2D eigenvalue weighted by atomic mass is 9.90. The second kappa shape index (κ2) is 9.14. The van der Waals surface area contributed by atoms with Gasteiger partial charge in [0.15, 0.2) is 0 Å². The van der Waals surface area contributed by atoms with E-state index in [1.54, 1.807) is 17.0 Å². The molecule has 0 radical (unpaired) electrons. The van der Waals surface area contributed by atoms with Crippen LogP contribution in [0, 0.1) is 5.41 Å². The number of nitrogens with two attached hydrogens (primary N) is 1. The molecule has 3 aliphatic rings. The Morgan fingerprint density at radius 1 is 1.16 bits per heavy atom. The van der Waals surface area contributed by atoms with E-state index in [0.717, 1.165) is 31.5 Å². The van der Waals surface area contributed by atoms with E-state index < -0.39 is 11.9 Å². The summed E-state index contributed by atoms with van der Waals surface area (Å²) in [6.07, 6.45) is 3.71. The Morgan fingerprint density at radius 3 is 2.58 bits per heavy atom. The molecule has 1 aromatic rings. The molecule has 31 heavy (non-hydrogen) atoms. The molecule has 170 valence electrons. The summed E-state index contributed by atoms with van der Waals surface area (Å²) in [5.41, 5.74) is 6.76. The van der Waals surface area contributed by atoms with Gasteiger partial charge in [-0.05, 0) is 55.8 Å². The molecule has 2 aliphatic heterocycles. The molecule has 2 saturated heterocycles. The molecule has 0 aromatic heterocycles. The van der Waals surface area contributed by atoms with Crippen LogP contribution in [0.1, 0.15) is 32.1 Å². The van der Waals surface area contributed by atoms with Gasteiger partial charge in [-0.3, -0.25) is 9.59 Å². The SMILES string of the molecule is NC(=O)[C@H](CCN1CCC2(CC2)[C@H](O)C1)N1CCN(c2ccc(Cl)c(Cl)c2)CCC1=O. The molecule has 2 atom stereocenters. The fraction of sp³-hybridized carbons (Fsp3) is 0.636. The minimum Gasteiger partial charge on any atom is -0.391 e. The number of likely N-dealkylation sites (tertiary alicyclic amines) is 1. The minimum absolute atomic E-state index is 0.0676. The summed E-state index contributed by atoms with van der Waals surface area (Å²) in [5.74, 6) is -0.547. The number of halogens is 2. The summed E-state index contributed by atoms with van der Waals surface area (Å²) in [7, 11) is 0. The third kappa shape index (κ3) is 4.95. The lowest BCUT2D eigenvalue weighted by molar-refractivity contribution is -0.139. The van der Waals surface area contributed by atoms with Crippen molar-refractivity contribution < 1.29 is 14.7 Å². The number of nitrogens with zero attached hydrogens (tertiary/aromatic N) is 3. The molecule has 1 aromatic carbocycles. The molecule has 2 heterocycles. The Bertz CT molecular complexity index is 848. The highest BCUT2D eigenvalue weighted by atomic mass is 35.5. The van der Waals surface area contributed by atoms with Crippen LogP contribution in [0.4, 0.5) is 5.69 Å². The van der Waals surface area contributed by atoms with Gasteiger partial charge in [0, 0.05) is 44.8 Å². The highest BCUT2D eigenvalue weighted by Crippen LogP contribution is 2.53. The summed E-state index contributed by atoms with van der Waals surface area (Å²) in [6, 6.07) is 4.78. The Balaban J connectivity index is 1.37. The molecule has 2 amide bonds. The van der Waals surface area contributed by atoms with Crippen LogP contribution in [-0.4, -0.2) is 78.1 Å². The number of hydrogen-bond acceptors (Lipinski definition) is 5. The highest BCUT2D eigenvalue weighted by molar-refractivity contribution is 6.42. The second-order valence-corrected chi connectivity index (χ2v) is 9.87. The van der Waals surface area contributed by atoms with Crippen LogP contribution < -0.4 is 10.6 Å². The number of β-amino-alcohol motifs (C(OH)–C–C–N with tert-alkyl or cyclic N) is 1. The number of carbonyl (C=O) groups is 2. The zero-order valence-electron chi connectivity index (χ0n) is 17.6. The Morgan fingerprint density at radius 2 is 1.94 bits per heavy atom. The lowest BCUT2D eigenvalue weighted by Crippen LogP contribution is -2.51. The third-order valence-corrected chi connectivity index (χ3v) is 7.91. The van der Waals surface area contributed by atoms with Gasteiger partial charge in [0.05, 0.1) is 16.1 Å². The smallest absolute Gasteiger partial charge is 0.240 e. The van der Waals surface area contributed by atoms with Gasteiger partial charge in [0.25, 0.3) is 0 Å². The van der Waals surface area contributed by atoms with Crippen LogP contribution in [0.25, 0.3) is 0 Å². The number of amides is 2. The van der Waals surface area contributed by atoms with Crippen LogP contribution in [0.15, 0.2) is 18.2 Å². The maximum absolute atomic E-state index is 12.8. The second-order valence-electron chi connectivity index (χ2n) is 9.06. The van der Waals surface area contributed by atoms with Crippen LogP contribution in [0.2, 0.25) is 10.0 Å². The number of aliphatic hydroxyl groups excluding tert-OH is 1. The highest BCUT2D eigenvalue weighted by Gasteiger charge is 2.51. The number of hydrogen-bond donors (Lipinski definition) is 2. The van der Waals surface area contributed by atoms with E-state index in [1.165, 1.54) is 0 Å². The molecule has 3 fully saturated rings. The zero-order chi connectivity index (χ0) is 22.2. The molecule has 7 nitrogen and oxygen atoms in total. The average Bonchev–Trinajstić information content (AvgIpc) is 3.53. The van der Waals surface area contributed by atoms with Crippen molar-refractivity contribution in [2.45, 2.75) is 44.2 Å². The number of anilines is 1. The van der Waals surface area contributed by atoms with E-state index in [-0.39, 0.29) is 17.4 Å². The van der Waals surface area contributed by atoms with Gasteiger partial charge >= 0.3 is 0 Å². The maximum atomic E-state index is 12.8. The van der Waals surface area contributed by atoms with Gasteiger partial charge < -0.3 is 25.5 Å². The molecule has 0 bridgehead atoms. The molecule has 3 N–H and O–H groups in total. The van der Waals surface area contributed by atoms with E-state index in [9.17, 15) is 14.7 Å². The topological polar surface area (TPSA) is 90.1 Å². The third-order valence-electron chi connectivity index (χ3n) is 7.17. The van der Waals surface area contributed by atoms with Crippen LogP contribution in [0.3, 0.4) is 0 Å². The van der Waals surface area contributed by atoms with Crippen molar-refractivity contribution in [2.24, 2.45) is 11.1 Å². The van der Waals surface area contributed by atoms with Crippen LogP contribution in [0.5, 0.6) is 0 Å². The van der Waals surface area contributed by atoms with Crippen molar-refractivity contribution in [3.05, 3.63) is 28.2 Å². The van der Waals surface area contributed by atoms with Crippen molar-refractivity contribution in [3.63, 3.8) is 0 Å². The van der Waals surface area contributed by atoms with Gasteiger partial charge in [-0.15, -0.1) is 0 Å². The van der Waals surface area contributed by atoms with Gasteiger partial charge in [0.1, 0.15) is 6.04 Å². The number of rotatable bonds is 6. The fourth-order valence-electron chi connectivity index (χ4n) is 4.89. The quantitative estimate of drug-likeness (QED) is 0.667. The largest absolute Gasteiger partial charge is 0.391 e. The van der Waals surface area contributed by atoms with Crippen molar-refractivity contribution in [1.82, 2.24) is 9.80 Å². The van der Waals surface area contributed by atoms with Crippen LogP contribution in [-0.2, 0) is 9.59 Å². The fourth-order valence-corrected chi connectivity index (χ4v) is 5.18. The predicted molar refractivity (Wildman–Crippen MR) is 121 cm³/mol. The van der Waals surface area contributed by atoms with Crippen molar-refractivity contribution in [2.75, 3.05) is 44.2 Å². The first kappa shape index (κ1) is 22.6.